The first kappa shape index (κ1) is 11.9. The molecule has 0 radical (unpaired) electrons. The molecule has 1 amide bonds. The van der Waals surface area contributed by atoms with Crippen LogP contribution >= 0.6 is 0 Å². The van der Waals surface area contributed by atoms with E-state index in [-0.39, 0.29) is 0 Å². The van der Waals surface area contributed by atoms with Gasteiger partial charge in [0.1, 0.15) is 0 Å². The molecule has 0 saturated carbocycles. The fourth-order valence-corrected chi connectivity index (χ4v) is 1.40. The van der Waals surface area contributed by atoms with Crippen LogP contribution in [0.3, 0.4) is 0 Å². The SMILES string of the molecule is C#CCN(C)c1ccccc1N(C)C(=O)O. The van der Waals surface area contributed by atoms with E-state index in [1.807, 2.05) is 24.1 Å². The molecule has 16 heavy (non-hydrogen) atoms. The van der Waals surface area contributed by atoms with Gasteiger partial charge in [-0.2, -0.15) is 0 Å². The van der Waals surface area contributed by atoms with Crippen molar-refractivity contribution in [3.05, 3.63) is 24.3 Å². The summed E-state index contributed by atoms with van der Waals surface area (Å²) in [4.78, 5) is 13.9. The van der Waals surface area contributed by atoms with Crippen molar-refractivity contribution in [1.82, 2.24) is 0 Å². The number of terminal acetylenes is 1. The van der Waals surface area contributed by atoms with E-state index in [9.17, 15) is 4.79 Å². The van der Waals surface area contributed by atoms with Gasteiger partial charge >= 0.3 is 6.09 Å². The number of hydrogen-bond donors (Lipinski definition) is 1. The minimum Gasteiger partial charge on any atom is -0.465 e. The zero-order valence-electron chi connectivity index (χ0n) is 9.34. The van der Waals surface area contributed by atoms with Crippen LogP contribution in [0.5, 0.6) is 0 Å². The number of hydrogen-bond acceptors (Lipinski definition) is 2. The summed E-state index contributed by atoms with van der Waals surface area (Å²) in [7, 11) is 3.33. The molecule has 0 atom stereocenters. The first-order valence-electron chi connectivity index (χ1n) is 4.78. The molecule has 0 aliphatic heterocycles. The third-order valence-corrected chi connectivity index (χ3v) is 2.27. The minimum atomic E-state index is -0.999. The molecule has 0 aromatic heterocycles. The van der Waals surface area contributed by atoms with Crippen LogP contribution in [0.1, 0.15) is 0 Å². The average molecular weight is 218 g/mol. The Kier molecular flexibility index (Phi) is 3.78. The Balaban J connectivity index is 3.10. The van der Waals surface area contributed by atoms with Crippen LogP contribution in [0, 0.1) is 12.3 Å². The summed E-state index contributed by atoms with van der Waals surface area (Å²) in [6, 6.07) is 7.23. The highest BCUT2D eigenvalue weighted by atomic mass is 16.4. The van der Waals surface area contributed by atoms with E-state index >= 15 is 0 Å². The lowest BCUT2D eigenvalue weighted by Gasteiger charge is -2.23. The first-order chi connectivity index (χ1) is 7.57. The van der Waals surface area contributed by atoms with E-state index in [0.29, 0.717) is 12.2 Å². The highest BCUT2D eigenvalue weighted by Crippen LogP contribution is 2.27. The second-order valence-corrected chi connectivity index (χ2v) is 3.39. The molecule has 1 aromatic rings. The highest BCUT2D eigenvalue weighted by molar-refractivity contribution is 5.90. The van der Waals surface area contributed by atoms with Crippen molar-refractivity contribution < 1.29 is 9.90 Å². The topological polar surface area (TPSA) is 43.8 Å². The lowest BCUT2D eigenvalue weighted by molar-refractivity contribution is 0.203. The normalized spacial score (nSPS) is 9.31. The monoisotopic (exact) mass is 218 g/mol. The number of benzene rings is 1. The molecule has 0 saturated heterocycles. The predicted octanol–water partition coefficient (Wildman–Crippen LogP) is 1.87. The molecular formula is C12H14N2O2. The van der Waals surface area contributed by atoms with E-state index in [0.717, 1.165) is 5.69 Å². The lowest BCUT2D eigenvalue weighted by Crippen LogP contribution is -2.27. The van der Waals surface area contributed by atoms with Gasteiger partial charge in [-0.15, -0.1) is 6.42 Å². The number of amides is 1. The molecular weight excluding hydrogens is 204 g/mol. The van der Waals surface area contributed by atoms with Crippen LogP contribution in [0.25, 0.3) is 0 Å². The maximum absolute atomic E-state index is 10.9. The smallest absolute Gasteiger partial charge is 0.411 e. The fraction of sp³-hybridized carbons (Fsp3) is 0.250. The third-order valence-electron chi connectivity index (χ3n) is 2.27. The molecule has 4 nitrogen and oxygen atoms in total. The summed E-state index contributed by atoms with van der Waals surface area (Å²) in [5, 5.41) is 8.94. The zero-order valence-corrected chi connectivity index (χ0v) is 9.34. The maximum atomic E-state index is 10.9. The Hall–Kier alpha value is -2.15. The van der Waals surface area contributed by atoms with Gasteiger partial charge in [0.05, 0.1) is 17.9 Å². The molecule has 4 heteroatoms. The summed E-state index contributed by atoms with van der Waals surface area (Å²) in [6.07, 6.45) is 4.23. The van der Waals surface area contributed by atoms with Gasteiger partial charge in [0, 0.05) is 14.1 Å². The lowest BCUT2D eigenvalue weighted by atomic mass is 10.2. The molecule has 84 valence electrons. The van der Waals surface area contributed by atoms with Crippen molar-refractivity contribution in [1.29, 1.82) is 0 Å². The van der Waals surface area contributed by atoms with Gasteiger partial charge in [0.15, 0.2) is 0 Å². The molecule has 0 aliphatic carbocycles. The van der Waals surface area contributed by atoms with Gasteiger partial charge in [-0.25, -0.2) is 4.79 Å². The van der Waals surface area contributed by atoms with Crippen LogP contribution in [0.4, 0.5) is 16.2 Å². The van der Waals surface area contributed by atoms with E-state index < -0.39 is 6.09 Å². The molecule has 1 aromatic carbocycles. The molecule has 0 spiro atoms. The number of carbonyl (C=O) groups is 1. The number of anilines is 2. The second kappa shape index (κ2) is 5.08. The largest absolute Gasteiger partial charge is 0.465 e. The summed E-state index contributed by atoms with van der Waals surface area (Å²) in [5.41, 5.74) is 1.41. The summed E-state index contributed by atoms with van der Waals surface area (Å²) >= 11 is 0. The minimum absolute atomic E-state index is 0.435. The number of rotatable bonds is 3. The third kappa shape index (κ3) is 2.45. The Bertz CT molecular complexity index is 423. The zero-order chi connectivity index (χ0) is 12.1. The van der Waals surface area contributed by atoms with Crippen LogP contribution in [0.15, 0.2) is 24.3 Å². The average Bonchev–Trinajstić information content (AvgIpc) is 2.28. The molecule has 0 aliphatic rings. The predicted molar refractivity (Wildman–Crippen MR) is 65.0 cm³/mol. The van der Waals surface area contributed by atoms with Crippen molar-refractivity contribution in [2.24, 2.45) is 0 Å². The quantitative estimate of drug-likeness (QED) is 0.788. The van der Waals surface area contributed by atoms with Crippen LogP contribution < -0.4 is 9.80 Å². The summed E-state index contributed by atoms with van der Waals surface area (Å²) in [6.45, 7) is 0.435. The summed E-state index contributed by atoms with van der Waals surface area (Å²) < 4.78 is 0. The Morgan fingerprint density at radius 1 is 1.38 bits per heavy atom. The molecule has 0 fully saturated rings. The van der Waals surface area contributed by atoms with Crippen molar-refractivity contribution >= 4 is 17.5 Å². The van der Waals surface area contributed by atoms with Crippen molar-refractivity contribution in [3.63, 3.8) is 0 Å². The molecule has 0 bridgehead atoms. The molecule has 1 rings (SSSR count). The van der Waals surface area contributed by atoms with Gasteiger partial charge in [-0.3, -0.25) is 4.90 Å². The van der Waals surface area contributed by atoms with E-state index in [2.05, 4.69) is 5.92 Å². The Labute approximate surface area is 95.1 Å². The second-order valence-electron chi connectivity index (χ2n) is 3.39. The maximum Gasteiger partial charge on any atom is 0.411 e. The van der Waals surface area contributed by atoms with Gasteiger partial charge < -0.3 is 10.0 Å². The Morgan fingerprint density at radius 2 is 1.94 bits per heavy atom. The Morgan fingerprint density at radius 3 is 2.44 bits per heavy atom. The first-order valence-corrected chi connectivity index (χ1v) is 4.78. The van der Waals surface area contributed by atoms with Crippen LogP contribution in [0.2, 0.25) is 0 Å². The van der Waals surface area contributed by atoms with Crippen molar-refractivity contribution in [3.8, 4) is 12.3 Å². The van der Waals surface area contributed by atoms with Gasteiger partial charge in [0.25, 0.3) is 0 Å². The number of nitrogens with zero attached hydrogens (tertiary/aromatic N) is 2. The van der Waals surface area contributed by atoms with Crippen LogP contribution in [-0.4, -0.2) is 31.8 Å². The van der Waals surface area contributed by atoms with Crippen molar-refractivity contribution in [2.75, 3.05) is 30.4 Å². The molecule has 1 N–H and O–H groups in total. The van der Waals surface area contributed by atoms with Crippen molar-refractivity contribution in [2.45, 2.75) is 0 Å². The molecule has 0 unspecified atom stereocenters. The van der Waals surface area contributed by atoms with Crippen LogP contribution in [-0.2, 0) is 0 Å². The van der Waals surface area contributed by atoms with Gasteiger partial charge in [-0.05, 0) is 12.1 Å². The number of para-hydroxylation sites is 2. The van der Waals surface area contributed by atoms with E-state index in [1.54, 1.807) is 12.1 Å². The van der Waals surface area contributed by atoms with Gasteiger partial charge in [0.2, 0.25) is 0 Å². The highest BCUT2D eigenvalue weighted by Gasteiger charge is 2.14. The van der Waals surface area contributed by atoms with Gasteiger partial charge in [-0.1, -0.05) is 18.1 Å². The summed E-state index contributed by atoms with van der Waals surface area (Å²) in [5.74, 6) is 2.52. The van der Waals surface area contributed by atoms with E-state index in [1.165, 1.54) is 11.9 Å². The number of carboxylic acid groups (broad SMARTS) is 1. The molecule has 0 heterocycles. The fourth-order valence-electron chi connectivity index (χ4n) is 1.40. The van der Waals surface area contributed by atoms with E-state index in [4.69, 9.17) is 11.5 Å². The standard InChI is InChI=1S/C12H14N2O2/c1-4-9-13(2)10-7-5-6-8-11(10)14(3)12(15)16/h1,5-8H,9H2,2-3H3,(H,15,16).